The lowest BCUT2D eigenvalue weighted by atomic mass is 10.1. The van der Waals surface area contributed by atoms with E-state index >= 15 is 0 Å². The van der Waals surface area contributed by atoms with Crippen LogP contribution in [0, 0.1) is 0 Å². The molecule has 2 rings (SSSR count). The third-order valence-corrected chi connectivity index (χ3v) is 3.69. The lowest BCUT2D eigenvalue weighted by molar-refractivity contribution is 0.0955. The number of nitrogens with zero attached hydrogens (tertiary/aromatic N) is 1. The molecule has 0 fully saturated rings. The Morgan fingerprint density at radius 1 is 1.14 bits per heavy atom. The van der Waals surface area contributed by atoms with Crippen LogP contribution in [0.5, 0.6) is 0 Å². The van der Waals surface area contributed by atoms with E-state index in [0.29, 0.717) is 15.6 Å². The van der Waals surface area contributed by atoms with Crippen LogP contribution in [-0.2, 0) is 6.42 Å². The predicted molar refractivity (Wildman–Crippen MR) is 87.3 cm³/mol. The van der Waals surface area contributed by atoms with Crippen LogP contribution in [0.1, 0.15) is 28.4 Å². The molecular formula is C16H14Cl2N2O. The summed E-state index contributed by atoms with van der Waals surface area (Å²) in [5.74, 6) is -0.256. The molecule has 0 unspecified atom stereocenters. The SMILES string of the molecule is CCc1ccc(C(=O)N/N=C\c2ccc(Cl)c(Cl)c2)cc1. The average molecular weight is 321 g/mol. The smallest absolute Gasteiger partial charge is 0.267 e. The molecule has 2 aromatic rings. The molecule has 0 heterocycles. The molecule has 0 saturated heterocycles. The van der Waals surface area contributed by atoms with Gasteiger partial charge in [-0.2, -0.15) is 5.10 Å². The molecular weight excluding hydrogens is 307 g/mol. The number of rotatable bonds is 4. The van der Waals surface area contributed by atoms with Crippen molar-refractivity contribution in [3.8, 4) is 0 Å². The molecule has 0 saturated carbocycles. The van der Waals surface area contributed by atoms with E-state index in [4.69, 9.17) is 23.2 Å². The second-order valence-electron chi connectivity index (χ2n) is 4.42. The van der Waals surface area contributed by atoms with Gasteiger partial charge in [-0.05, 0) is 41.8 Å². The Morgan fingerprint density at radius 3 is 2.48 bits per heavy atom. The van der Waals surface area contributed by atoms with Crippen LogP contribution in [0.15, 0.2) is 47.6 Å². The Morgan fingerprint density at radius 2 is 1.86 bits per heavy atom. The highest BCUT2D eigenvalue weighted by Crippen LogP contribution is 2.21. The number of benzene rings is 2. The highest BCUT2D eigenvalue weighted by atomic mass is 35.5. The van der Waals surface area contributed by atoms with E-state index in [9.17, 15) is 4.79 Å². The number of amides is 1. The summed E-state index contributed by atoms with van der Waals surface area (Å²) in [5, 5.41) is 4.83. The van der Waals surface area contributed by atoms with E-state index in [1.54, 1.807) is 30.3 Å². The number of carbonyl (C=O) groups is 1. The van der Waals surface area contributed by atoms with Crippen LogP contribution in [0.4, 0.5) is 0 Å². The molecule has 0 bridgehead atoms. The highest BCUT2D eigenvalue weighted by molar-refractivity contribution is 6.42. The lowest BCUT2D eigenvalue weighted by Gasteiger charge is -2.01. The van der Waals surface area contributed by atoms with Gasteiger partial charge >= 0.3 is 0 Å². The zero-order chi connectivity index (χ0) is 15.2. The first-order chi connectivity index (χ1) is 10.1. The zero-order valence-corrected chi connectivity index (χ0v) is 12.9. The van der Waals surface area contributed by atoms with Crippen molar-refractivity contribution in [2.45, 2.75) is 13.3 Å². The van der Waals surface area contributed by atoms with Crippen molar-refractivity contribution < 1.29 is 4.79 Å². The summed E-state index contributed by atoms with van der Waals surface area (Å²) in [4.78, 5) is 11.9. The molecule has 0 radical (unpaired) electrons. The van der Waals surface area contributed by atoms with Gasteiger partial charge in [0.05, 0.1) is 16.3 Å². The number of hydrogen-bond donors (Lipinski definition) is 1. The Balaban J connectivity index is 1.99. The second-order valence-corrected chi connectivity index (χ2v) is 5.24. The Bertz CT molecular complexity index is 666. The number of aryl methyl sites for hydroxylation is 1. The van der Waals surface area contributed by atoms with Crippen molar-refractivity contribution in [3.63, 3.8) is 0 Å². The summed E-state index contributed by atoms with van der Waals surface area (Å²) in [7, 11) is 0. The average Bonchev–Trinajstić information content (AvgIpc) is 2.51. The number of halogens is 2. The van der Waals surface area contributed by atoms with E-state index in [0.717, 1.165) is 12.0 Å². The summed E-state index contributed by atoms with van der Waals surface area (Å²) in [6.07, 6.45) is 2.46. The van der Waals surface area contributed by atoms with Gasteiger partial charge in [-0.3, -0.25) is 4.79 Å². The minimum absolute atomic E-state index is 0.256. The number of hydrogen-bond acceptors (Lipinski definition) is 2. The quantitative estimate of drug-likeness (QED) is 0.661. The molecule has 0 spiro atoms. The van der Waals surface area contributed by atoms with Crippen LogP contribution in [0.2, 0.25) is 10.0 Å². The maximum absolute atomic E-state index is 11.9. The van der Waals surface area contributed by atoms with Gasteiger partial charge in [0, 0.05) is 5.56 Å². The van der Waals surface area contributed by atoms with Crippen molar-refractivity contribution in [2.24, 2.45) is 5.10 Å². The van der Waals surface area contributed by atoms with E-state index in [1.165, 1.54) is 11.8 Å². The van der Waals surface area contributed by atoms with Gasteiger partial charge in [-0.15, -0.1) is 0 Å². The van der Waals surface area contributed by atoms with E-state index in [-0.39, 0.29) is 5.91 Å². The van der Waals surface area contributed by atoms with E-state index in [2.05, 4.69) is 17.5 Å². The van der Waals surface area contributed by atoms with Crippen LogP contribution in [-0.4, -0.2) is 12.1 Å². The molecule has 1 amide bonds. The van der Waals surface area contributed by atoms with Crippen molar-refractivity contribution in [1.82, 2.24) is 5.43 Å². The summed E-state index contributed by atoms with van der Waals surface area (Å²) in [6.45, 7) is 2.07. The van der Waals surface area contributed by atoms with Gasteiger partial charge in [-0.25, -0.2) is 5.43 Å². The molecule has 21 heavy (non-hydrogen) atoms. The Labute approximate surface area is 133 Å². The third kappa shape index (κ3) is 4.31. The molecule has 0 atom stereocenters. The second kappa shape index (κ2) is 7.25. The largest absolute Gasteiger partial charge is 0.271 e. The first-order valence-corrected chi connectivity index (χ1v) is 7.23. The Kier molecular flexibility index (Phi) is 5.37. The number of carbonyl (C=O) groups excluding carboxylic acids is 1. The van der Waals surface area contributed by atoms with Crippen molar-refractivity contribution in [2.75, 3.05) is 0 Å². The number of nitrogens with one attached hydrogen (secondary N) is 1. The van der Waals surface area contributed by atoms with Crippen molar-refractivity contribution in [1.29, 1.82) is 0 Å². The fourth-order valence-corrected chi connectivity index (χ4v) is 2.02. The first-order valence-electron chi connectivity index (χ1n) is 6.47. The minimum atomic E-state index is -0.256. The maximum Gasteiger partial charge on any atom is 0.271 e. The zero-order valence-electron chi connectivity index (χ0n) is 11.4. The van der Waals surface area contributed by atoms with Crippen LogP contribution >= 0.6 is 23.2 Å². The standard InChI is InChI=1S/C16H14Cl2N2O/c1-2-11-3-6-13(7-4-11)16(21)20-19-10-12-5-8-14(17)15(18)9-12/h3-10H,2H2,1H3,(H,20,21)/b19-10-. The molecule has 5 heteroatoms. The third-order valence-electron chi connectivity index (χ3n) is 2.95. The van der Waals surface area contributed by atoms with Gasteiger partial charge in [0.2, 0.25) is 0 Å². The molecule has 1 N–H and O–H groups in total. The molecule has 0 aliphatic carbocycles. The molecule has 108 valence electrons. The van der Waals surface area contributed by atoms with Crippen molar-refractivity contribution >= 4 is 35.3 Å². The summed E-state index contributed by atoms with van der Waals surface area (Å²) in [5.41, 5.74) is 4.98. The van der Waals surface area contributed by atoms with Gasteiger partial charge in [0.1, 0.15) is 0 Å². The van der Waals surface area contributed by atoms with E-state index in [1.807, 2.05) is 12.1 Å². The van der Waals surface area contributed by atoms with Gasteiger partial charge in [0.25, 0.3) is 5.91 Å². The maximum atomic E-state index is 11.9. The first kappa shape index (κ1) is 15.5. The molecule has 0 aliphatic rings. The van der Waals surface area contributed by atoms with Crippen LogP contribution in [0.25, 0.3) is 0 Å². The summed E-state index contributed by atoms with van der Waals surface area (Å²) in [6, 6.07) is 12.5. The fraction of sp³-hybridized carbons (Fsp3) is 0.125. The van der Waals surface area contributed by atoms with Crippen LogP contribution in [0.3, 0.4) is 0 Å². The highest BCUT2D eigenvalue weighted by Gasteiger charge is 2.03. The molecule has 2 aromatic carbocycles. The minimum Gasteiger partial charge on any atom is -0.267 e. The topological polar surface area (TPSA) is 41.5 Å². The normalized spacial score (nSPS) is 10.8. The van der Waals surface area contributed by atoms with Crippen molar-refractivity contribution in [3.05, 3.63) is 69.2 Å². The molecule has 3 nitrogen and oxygen atoms in total. The predicted octanol–water partition coefficient (Wildman–Crippen LogP) is 4.32. The summed E-state index contributed by atoms with van der Waals surface area (Å²) >= 11 is 11.7. The molecule has 0 aromatic heterocycles. The van der Waals surface area contributed by atoms with Crippen LogP contribution < -0.4 is 5.43 Å². The number of hydrazone groups is 1. The van der Waals surface area contributed by atoms with E-state index < -0.39 is 0 Å². The van der Waals surface area contributed by atoms with Gasteiger partial charge in [0.15, 0.2) is 0 Å². The molecule has 0 aliphatic heterocycles. The van der Waals surface area contributed by atoms with Gasteiger partial charge in [-0.1, -0.05) is 48.3 Å². The monoisotopic (exact) mass is 320 g/mol. The summed E-state index contributed by atoms with van der Waals surface area (Å²) < 4.78 is 0. The Hall–Kier alpha value is -1.84. The fourth-order valence-electron chi connectivity index (χ4n) is 1.71. The van der Waals surface area contributed by atoms with Gasteiger partial charge < -0.3 is 0 Å². The lowest BCUT2D eigenvalue weighted by Crippen LogP contribution is -2.17.